The van der Waals surface area contributed by atoms with Crippen LogP contribution in [0.4, 0.5) is 4.79 Å². The van der Waals surface area contributed by atoms with Crippen LogP contribution < -0.4 is 0 Å². The number of hydrogen-bond donors (Lipinski definition) is 1. The van der Waals surface area contributed by atoms with Crippen LogP contribution in [-0.4, -0.2) is 54.1 Å². The monoisotopic (exact) mass is 245 g/mol. The van der Waals surface area contributed by atoms with E-state index in [0.717, 1.165) is 12.8 Å². The van der Waals surface area contributed by atoms with Crippen molar-refractivity contribution in [2.75, 3.05) is 19.8 Å². The summed E-state index contributed by atoms with van der Waals surface area (Å²) in [6.45, 7) is 6.63. The van der Waals surface area contributed by atoms with Gasteiger partial charge in [-0.05, 0) is 20.3 Å². The van der Waals surface area contributed by atoms with Gasteiger partial charge in [-0.3, -0.25) is 4.90 Å². The van der Waals surface area contributed by atoms with Crippen molar-refractivity contribution >= 4 is 6.09 Å². The first-order chi connectivity index (χ1) is 8.10. The van der Waals surface area contributed by atoms with Gasteiger partial charge in [0.15, 0.2) is 0 Å². The number of ether oxygens (including phenoxy) is 2. The third-order valence-corrected chi connectivity index (χ3v) is 2.99. The number of aliphatic hydroxyl groups excluding tert-OH is 1. The van der Waals surface area contributed by atoms with Gasteiger partial charge in [-0.15, -0.1) is 0 Å². The Labute approximate surface area is 103 Å². The molecule has 0 radical (unpaired) electrons. The first-order valence-corrected chi connectivity index (χ1v) is 6.29. The molecule has 17 heavy (non-hydrogen) atoms. The van der Waals surface area contributed by atoms with Crippen LogP contribution in [0.5, 0.6) is 0 Å². The number of carbonyl (C=O) groups excluding carboxylic acids is 1. The van der Waals surface area contributed by atoms with Gasteiger partial charge in [0, 0.05) is 0 Å². The quantitative estimate of drug-likeness (QED) is 0.760. The van der Waals surface area contributed by atoms with Crippen molar-refractivity contribution in [3.63, 3.8) is 0 Å². The van der Waals surface area contributed by atoms with Gasteiger partial charge in [0.1, 0.15) is 0 Å². The fourth-order valence-electron chi connectivity index (χ4n) is 2.01. The van der Waals surface area contributed by atoms with E-state index in [1.54, 1.807) is 4.90 Å². The van der Waals surface area contributed by atoms with Gasteiger partial charge in [0.05, 0.1) is 38.0 Å². The molecule has 3 atom stereocenters. The van der Waals surface area contributed by atoms with Crippen LogP contribution in [0.2, 0.25) is 0 Å². The topological polar surface area (TPSA) is 59.0 Å². The van der Waals surface area contributed by atoms with E-state index in [1.807, 2.05) is 20.8 Å². The van der Waals surface area contributed by atoms with Crippen molar-refractivity contribution in [3.05, 3.63) is 0 Å². The molecule has 5 nitrogen and oxygen atoms in total. The minimum atomic E-state index is -0.348. The van der Waals surface area contributed by atoms with Crippen molar-refractivity contribution < 1.29 is 19.4 Å². The van der Waals surface area contributed by atoms with E-state index in [9.17, 15) is 9.90 Å². The van der Waals surface area contributed by atoms with Crippen LogP contribution in [-0.2, 0) is 9.47 Å². The van der Waals surface area contributed by atoms with Crippen LogP contribution >= 0.6 is 0 Å². The number of unbranched alkanes of at least 4 members (excludes halogenated alkanes) is 1. The van der Waals surface area contributed by atoms with Crippen molar-refractivity contribution in [3.8, 4) is 0 Å². The standard InChI is InChI=1S/C12H23NO4/c1-4-5-6-16-12(15)13-7-9(2)17-10(3)11(13)8-14/h9-11,14H,4-8H2,1-3H3/t9-,10-,11+/m0/s1. The highest BCUT2D eigenvalue weighted by molar-refractivity contribution is 5.68. The lowest BCUT2D eigenvalue weighted by atomic mass is 10.1. The molecule has 1 aliphatic rings. The Morgan fingerprint density at radius 2 is 2.24 bits per heavy atom. The number of nitrogens with zero attached hydrogens (tertiary/aromatic N) is 1. The van der Waals surface area contributed by atoms with Crippen molar-refractivity contribution in [1.82, 2.24) is 4.90 Å². The average Bonchev–Trinajstić information content (AvgIpc) is 2.28. The summed E-state index contributed by atoms with van der Waals surface area (Å²) in [7, 11) is 0. The van der Waals surface area contributed by atoms with Crippen LogP contribution in [0.25, 0.3) is 0 Å². The van der Waals surface area contributed by atoms with E-state index >= 15 is 0 Å². The van der Waals surface area contributed by atoms with Crippen LogP contribution in [0.3, 0.4) is 0 Å². The molecule has 0 bridgehead atoms. The maximum atomic E-state index is 11.9. The summed E-state index contributed by atoms with van der Waals surface area (Å²) in [6, 6.07) is -0.305. The third kappa shape index (κ3) is 3.85. The normalized spacial score (nSPS) is 29.2. The summed E-state index contributed by atoms with van der Waals surface area (Å²) in [6.07, 6.45) is 1.32. The number of amides is 1. The molecule has 1 heterocycles. The zero-order valence-corrected chi connectivity index (χ0v) is 10.9. The smallest absolute Gasteiger partial charge is 0.410 e. The number of hydrogen-bond acceptors (Lipinski definition) is 4. The molecule has 1 aliphatic heterocycles. The molecule has 100 valence electrons. The largest absolute Gasteiger partial charge is 0.449 e. The maximum Gasteiger partial charge on any atom is 0.410 e. The highest BCUT2D eigenvalue weighted by Crippen LogP contribution is 2.18. The Kier molecular flexibility index (Phi) is 5.71. The van der Waals surface area contributed by atoms with E-state index in [-0.39, 0.29) is 30.9 Å². The van der Waals surface area contributed by atoms with Gasteiger partial charge in [0.2, 0.25) is 0 Å². The highest BCUT2D eigenvalue weighted by atomic mass is 16.6. The molecule has 1 amide bonds. The lowest BCUT2D eigenvalue weighted by Gasteiger charge is -2.41. The summed E-state index contributed by atoms with van der Waals surface area (Å²) >= 11 is 0. The van der Waals surface area contributed by atoms with Crippen LogP contribution in [0.15, 0.2) is 0 Å². The zero-order chi connectivity index (χ0) is 12.8. The first kappa shape index (κ1) is 14.3. The summed E-state index contributed by atoms with van der Waals surface area (Å²) in [5.74, 6) is 0. The lowest BCUT2D eigenvalue weighted by molar-refractivity contribution is -0.108. The second-order valence-electron chi connectivity index (χ2n) is 4.52. The number of morpholine rings is 1. The predicted molar refractivity (Wildman–Crippen MR) is 63.8 cm³/mol. The van der Waals surface area contributed by atoms with E-state index in [0.29, 0.717) is 13.2 Å². The molecule has 0 unspecified atom stereocenters. The van der Waals surface area contributed by atoms with Crippen molar-refractivity contribution in [1.29, 1.82) is 0 Å². The molecule has 0 aliphatic carbocycles. The maximum absolute atomic E-state index is 11.9. The van der Waals surface area contributed by atoms with Gasteiger partial charge in [0.25, 0.3) is 0 Å². The molecule has 0 aromatic carbocycles. The molecule has 1 rings (SSSR count). The number of carbonyl (C=O) groups is 1. The predicted octanol–water partition coefficient (Wildman–Crippen LogP) is 1.39. The molecule has 0 spiro atoms. The van der Waals surface area contributed by atoms with E-state index < -0.39 is 0 Å². The Balaban J connectivity index is 2.55. The minimum absolute atomic E-state index is 0.0217. The molecule has 1 fully saturated rings. The number of aliphatic hydroxyl groups is 1. The SMILES string of the molecule is CCCCOC(=O)N1C[C@H](C)O[C@@H](C)[C@H]1CO. The van der Waals surface area contributed by atoms with Crippen LogP contribution in [0, 0.1) is 0 Å². The van der Waals surface area contributed by atoms with Gasteiger partial charge in [-0.2, -0.15) is 0 Å². The first-order valence-electron chi connectivity index (χ1n) is 6.29. The molecular formula is C12H23NO4. The fraction of sp³-hybridized carbons (Fsp3) is 0.917. The molecule has 0 saturated carbocycles. The second-order valence-corrected chi connectivity index (χ2v) is 4.52. The number of rotatable bonds is 4. The second kappa shape index (κ2) is 6.81. The third-order valence-electron chi connectivity index (χ3n) is 2.99. The Hall–Kier alpha value is -0.810. The lowest BCUT2D eigenvalue weighted by Crippen LogP contribution is -2.57. The van der Waals surface area contributed by atoms with Crippen molar-refractivity contribution in [2.24, 2.45) is 0 Å². The average molecular weight is 245 g/mol. The minimum Gasteiger partial charge on any atom is -0.449 e. The Morgan fingerprint density at radius 3 is 2.82 bits per heavy atom. The summed E-state index contributed by atoms with van der Waals surface area (Å²) in [5.41, 5.74) is 0. The molecule has 1 saturated heterocycles. The zero-order valence-electron chi connectivity index (χ0n) is 10.9. The Morgan fingerprint density at radius 1 is 1.53 bits per heavy atom. The van der Waals surface area contributed by atoms with Crippen LogP contribution in [0.1, 0.15) is 33.6 Å². The molecular weight excluding hydrogens is 222 g/mol. The van der Waals surface area contributed by atoms with Gasteiger partial charge < -0.3 is 14.6 Å². The fourth-order valence-corrected chi connectivity index (χ4v) is 2.01. The summed E-state index contributed by atoms with van der Waals surface area (Å²) in [4.78, 5) is 13.4. The van der Waals surface area contributed by atoms with Gasteiger partial charge in [-0.25, -0.2) is 4.79 Å². The molecule has 0 aromatic rings. The van der Waals surface area contributed by atoms with E-state index in [4.69, 9.17) is 9.47 Å². The van der Waals surface area contributed by atoms with Gasteiger partial charge >= 0.3 is 6.09 Å². The van der Waals surface area contributed by atoms with Gasteiger partial charge in [-0.1, -0.05) is 13.3 Å². The van der Waals surface area contributed by atoms with E-state index in [1.165, 1.54) is 0 Å². The Bertz CT molecular complexity index is 247. The highest BCUT2D eigenvalue weighted by Gasteiger charge is 2.36. The molecule has 5 heteroatoms. The summed E-state index contributed by atoms with van der Waals surface area (Å²) < 4.78 is 10.8. The van der Waals surface area contributed by atoms with E-state index in [2.05, 4.69) is 0 Å². The molecule has 1 N–H and O–H groups in total. The molecule has 0 aromatic heterocycles. The summed E-state index contributed by atoms with van der Waals surface area (Å²) in [5, 5.41) is 9.31. The van der Waals surface area contributed by atoms with Crippen molar-refractivity contribution in [2.45, 2.75) is 51.9 Å².